The molecule has 7 heteroatoms. The minimum Gasteiger partial charge on any atom is -0.479 e. The Bertz CT molecular complexity index is 376. The van der Waals surface area contributed by atoms with Crippen molar-refractivity contribution in [2.24, 2.45) is 0 Å². The third-order valence-electron chi connectivity index (χ3n) is 1.59. The fourth-order valence-electron chi connectivity index (χ4n) is 0.830. The molecule has 1 amide bonds. The Morgan fingerprint density at radius 1 is 1.67 bits per heavy atom. The Hall–Kier alpha value is -1.47. The second kappa shape index (κ2) is 4.85. The van der Waals surface area contributed by atoms with E-state index in [4.69, 9.17) is 10.2 Å². The second-order valence-corrected chi connectivity index (χ2v) is 4.04. The van der Waals surface area contributed by atoms with Gasteiger partial charge in [-0.25, -0.2) is 9.78 Å². The van der Waals surface area contributed by atoms with E-state index in [1.807, 2.05) is 0 Å². The predicted molar refractivity (Wildman–Crippen MR) is 52.8 cm³/mol. The maximum atomic E-state index is 11.3. The second-order valence-electron chi connectivity index (χ2n) is 2.81. The third-order valence-corrected chi connectivity index (χ3v) is 2.50. The molecule has 0 aromatic carbocycles. The molecule has 0 saturated heterocycles. The summed E-state index contributed by atoms with van der Waals surface area (Å²) >= 11 is 1.20. The van der Waals surface area contributed by atoms with Gasteiger partial charge in [0.1, 0.15) is 4.88 Å². The van der Waals surface area contributed by atoms with Crippen molar-refractivity contribution in [2.75, 3.05) is 6.54 Å². The molecule has 0 bridgehead atoms. The number of hydrogen-bond donors (Lipinski definition) is 3. The smallest absolute Gasteiger partial charge is 0.334 e. The van der Waals surface area contributed by atoms with Crippen LogP contribution in [0.4, 0.5) is 0 Å². The summed E-state index contributed by atoms with van der Waals surface area (Å²) in [4.78, 5) is 25.9. The van der Waals surface area contributed by atoms with Crippen molar-refractivity contribution in [3.05, 3.63) is 16.1 Å². The molecule has 0 spiro atoms. The molecular weight excluding hydrogens is 220 g/mol. The number of nitrogens with zero attached hydrogens (tertiary/aromatic N) is 1. The summed E-state index contributed by atoms with van der Waals surface area (Å²) in [5.41, 5.74) is 0. The van der Waals surface area contributed by atoms with Crippen LogP contribution in [0.25, 0.3) is 0 Å². The van der Waals surface area contributed by atoms with E-state index in [0.29, 0.717) is 4.88 Å². The first kappa shape index (κ1) is 11.6. The lowest BCUT2D eigenvalue weighted by molar-refractivity contribution is -0.146. The number of aromatic nitrogens is 1. The number of thiazole rings is 1. The number of carbonyl (C=O) groups excluding carboxylic acids is 1. The van der Waals surface area contributed by atoms with Crippen LogP contribution in [0.3, 0.4) is 0 Å². The van der Waals surface area contributed by atoms with Crippen LogP contribution >= 0.6 is 11.3 Å². The van der Waals surface area contributed by atoms with Crippen molar-refractivity contribution in [1.82, 2.24) is 10.3 Å². The molecule has 0 aliphatic rings. The Labute approximate surface area is 89.6 Å². The van der Waals surface area contributed by atoms with Crippen LogP contribution in [-0.2, 0) is 4.79 Å². The average molecular weight is 230 g/mol. The maximum absolute atomic E-state index is 11.3. The van der Waals surface area contributed by atoms with Crippen molar-refractivity contribution in [1.29, 1.82) is 0 Å². The molecular formula is C8H10N2O4S. The highest BCUT2D eigenvalue weighted by molar-refractivity contribution is 7.13. The fraction of sp³-hybridized carbons (Fsp3) is 0.375. The van der Waals surface area contributed by atoms with Crippen LogP contribution in [0.5, 0.6) is 0 Å². The molecule has 1 aromatic rings. The first-order valence-electron chi connectivity index (χ1n) is 4.12. The number of carboxylic acids is 1. The highest BCUT2D eigenvalue weighted by atomic mass is 32.1. The van der Waals surface area contributed by atoms with Gasteiger partial charge in [-0.2, -0.15) is 0 Å². The van der Waals surface area contributed by atoms with Gasteiger partial charge in [-0.1, -0.05) is 0 Å². The summed E-state index contributed by atoms with van der Waals surface area (Å²) in [5, 5.41) is 20.3. The quantitative estimate of drug-likeness (QED) is 0.655. The Balaban J connectivity index is 2.47. The number of aliphatic hydroxyl groups excluding tert-OH is 1. The van der Waals surface area contributed by atoms with Gasteiger partial charge in [0, 0.05) is 0 Å². The zero-order valence-corrected chi connectivity index (χ0v) is 8.74. The predicted octanol–water partition coefficient (Wildman–Crippen LogP) is -0.373. The zero-order valence-electron chi connectivity index (χ0n) is 7.93. The van der Waals surface area contributed by atoms with Crippen LogP contribution in [0.2, 0.25) is 0 Å². The Kier molecular flexibility index (Phi) is 3.75. The summed E-state index contributed by atoms with van der Waals surface area (Å²) < 4.78 is 0. The molecule has 15 heavy (non-hydrogen) atoms. The van der Waals surface area contributed by atoms with E-state index >= 15 is 0 Å². The fourth-order valence-corrected chi connectivity index (χ4v) is 1.52. The molecule has 82 valence electrons. The standard InChI is InChI=1S/C8H10N2O4S/c1-4-9-3-6(15-4)7(12)10-2-5(11)8(13)14/h3,5,11H,2H2,1H3,(H,10,12)(H,13,14). The monoisotopic (exact) mass is 230 g/mol. The highest BCUT2D eigenvalue weighted by Gasteiger charge is 2.15. The molecule has 6 nitrogen and oxygen atoms in total. The lowest BCUT2D eigenvalue weighted by Gasteiger charge is -2.05. The van der Waals surface area contributed by atoms with Crippen LogP contribution in [0, 0.1) is 6.92 Å². The van der Waals surface area contributed by atoms with Crippen molar-refractivity contribution < 1.29 is 19.8 Å². The summed E-state index contributed by atoms with van der Waals surface area (Å²) in [6.45, 7) is 1.44. The number of aliphatic carboxylic acids is 1. The molecule has 1 atom stereocenters. The van der Waals surface area contributed by atoms with Gasteiger partial charge in [-0.05, 0) is 6.92 Å². The molecule has 0 saturated carbocycles. The topological polar surface area (TPSA) is 99.5 Å². The first-order valence-corrected chi connectivity index (χ1v) is 4.94. The lowest BCUT2D eigenvalue weighted by Crippen LogP contribution is -2.36. The normalized spacial score (nSPS) is 12.1. The number of rotatable bonds is 4. The molecule has 0 aliphatic carbocycles. The van der Waals surface area contributed by atoms with Crippen molar-refractivity contribution >= 4 is 23.2 Å². The van der Waals surface area contributed by atoms with Gasteiger partial charge >= 0.3 is 5.97 Å². The van der Waals surface area contributed by atoms with Gasteiger partial charge < -0.3 is 15.5 Å². The highest BCUT2D eigenvalue weighted by Crippen LogP contribution is 2.10. The number of aryl methyl sites for hydroxylation is 1. The van der Waals surface area contributed by atoms with Gasteiger partial charge in [0.25, 0.3) is 5.91 Å². The van der Waals surface area contributed by atoms with Crippen molar-refractivity contribution in [2.45, 2.75) is 13.0 Å². The van der Waals surface area contributed by atoms with E-state index in [9.17, 15) is 9.59 Å². The molecule has 1 rings (SSSR count). The lowest BCUT2D eigenvalue weighted by atomic mass is 10.3. The van der Waals surface area contributed by atoms with Gasteiger partial charge in [0.2, 0.25) is 0 Å². The Morgan fingerprint density at radius 2 is 2.33 bits per heavy atom. The molecule has 0 fully saturated rings. The molecule has 1 aromatic heterocycles. The number of nitrogens with one attached hydrogen (secondary N) is 1. The summed E-state index contributed by atoms with van der Waals surface area (Å²) in [7, 11) is 0. The largest absolute Gasteiger partial charge is 0.479 e. The molecule has 0 radical (unpaired) electrons. The van der Waals surface area contributed by atoms with E-state index in [1.54, 1.807) is 6.92 Å². The van der Waals surface area contributed by atoms with Crippen LogP contribution in [0.1, 0.15) is 14.7 Å². The van der Waals surface area contributed by atoms with Crippen LogP contribution in [-0.4, -0.2) is 39.7 Å². The minimum atomic E-state index is -1.58. The number of hydrogen-bond acceptors (Lipinski definition) is 5. The van der Waals surface area contributed by atoms with E-state index in [0.717, 1.165) is 5.01 Å². The van der Waals surface area contributed by atoms with E-state index < -0.39 is 18.0 Å². The number of aliphatic hydroxyl groups is 1. The van der Waals surface area contributed by atoms with Gasteiger partial charge in [-0.15, -0.1) is 11.3 Å². The summed E-state index contributed by atoms with van der Waals surface area (Å²) in [5.74, 6) is -1.79. The Morgan fingerprint density at radius 3 is 2.80 bits per heavy atom. The number of carbonyl (C=O) groups is 2. The van der Waals surface area contributed by atoms with E-state index in [2.05, 4.69) is 10.3 Å². The van der Waals surface area contributed by atoms with Crippen LogP contribution in [0.15, 0.2) is 6.20 Å². The minimum absolute atomic E-state index is 0.314. The van der Waals surface area contributed by atoms with Gasteiger partial charge in [0.15, 0.2) is 6.10 Å². The van der Waals surface area contributed by atoms with Gasteiger partial charge in [0.05, 0.1) is 17.7 Å². The zero-order chi connectivity index (χ0) is 11.4. The van der Waals surface area contributed by atoms with Crippen molar-refractivity contribution in [3.63, 3.8) is 0 Å². The molecule has 1 unspecified atom stereocenters. The third kappa shape index (κ3) is 3.30. The van der Waals surface area contributed by atoms with Crippen LogP contribution < -0.4 is 5.32 Å². The SMILES string of the molecule is Cc1ncc(C(=O)NCC(O)C(=O)O)s1. The van der Waals surface area contributed by atoms with E-state index in [1.165, 1.54) is 17.5 Å². The molecule has 1 heterocycles. The summed E-state index contributed by atoms with van der Waals surface area (Å²) in [6, 6.07) is 0. The number of carboxylic acid groups (broad SMARTS) is 1. The van der Waals surface area contributed by atoms with E-state index in [-0.39, 0.29) is 6.54 Å². The summed E-state index contributed by atoms with van der Waals surface area (Å²) in [6.07, 6.45) is -0.175. The maximum Gasteiger partial charge on any atom is 0.334 e. The molecule has 0 aliphatic heterocycles. The first-order chi connectivity index (χ1) is 7.00. The average Bonchev–Trinajstić information content (AvgIpc) is 2.60. The van der Waals surface area contributed by atoms with Gasteiger partial charge in [-0.3, -0.25) is 4.79 Å². The molecule has 3 N–H and O–H groups in total. The number of amides is 1. The van der Waals surface area contributed by atoms with Crippen molar-refractivity contribution in [3.8, 4) is 0 Å².